The summed E-state index contributed by atoms with van der Waals surface area (Å²) in [6.45, 7) is 19.2. The molecule has 0 spiro atoms. The molecule has 3 rings (SSSR count). The maximum atomic E-state index is 13.0. The fraction of sp³-hybridized carbons (Fsp3) is 0.750. The largest absolute Gasteiger partial charge is 0.378 e. The molecular formula is C28H46N2O. The molecule has 1 saturated carbocycles. The third-order valence-electron chi connectivity index (χ3n) is 7.75. The molecule has 0 aromatic carbocycles. The Balaban J connectivity index is 1.97. The van der Waals surface area contributed by atoms with Gasteiger partial charge in [-0.15, -0.1) is 0 Å². The minimum absolute atomic E-state index is 0.0517. The van der Waals surface area contributed by atoms with Crippen molar-refractivity contribution in [3.05, 3.63) is 34.6 Å². The summed E-state index contributed by atoms with van der Waals surface area (Å²) in [5.74, 6) is 1.10. The van der Waals surface area contributed by atoms with E-state index in [1.165, 1.54) is 42.5 Å². The van der Waals surface area contributed by atoms with Crippen LogP contribution in [0.3, 0.4) is 0 Å². The normalized spacial score (nSPS) is 27.4. The second kappa shape index (κ2) is 9.25. The number of dihydropyridines is 1. The van der Waals surface area contributed by atoms with Crippen LogP contribution in [0, 0.1) is 22.7 Å². The molecule has 0 saturated heterocycles. The lowest BCUT2D eigenvalue weighted by Crippen LogP contribution is -2.43. The van der Waals surface area contributed by atoms with Crippen molar-refractivity contribution in [3.63, 3.8) is 0 Å². The number of carbonyl (C=O) groups excluding carboxylic acids is 1. The maximum absolute atomic E-state index is 13.0. The van der Waals surface area contributed by atoms with Gasteiger partial charge in [0.25, 0.3) is 0 Å². The van der Waals surface area contributed by atoms with Gasteiger partial charge in [0.1, 0.15) is 0 Å². The van der Waals surface area contributed by atoms with Crippen LogP contribution in [0.25, 0.3) is 0 Å². The van der Waals surface area contributed by atoms with Gasteiger partial charge in [-0.25, -0.2) is 0 Å². The highest BCUT2D eigenvalue weighted by atomic mass is 16.1. The molecule has 1 fully saturated rings. The maximum Gasteiger partial charge on any atom is 0.159 e. The first-order valence-corrected chi connectivity index (χ1v) is 12.7. The minimum Gasteiger partial charge on any atom is -0.378 e. The summed E-state index contributed by atoms with van der Waals surface area (Å²) in [6.07, 6.45) is 11.6. The van der Waals surface area contributed by atoms with E-state index in [1.807, 2.05) is 6.92 Å². The number of Topliss-reactive ketones (excluding diaryl/α,β-unsaturated/α-hetero) is 1. The van der Waals surface area contributed by atoms with Crippen LogP contribution in [0.15, 0.2) is 34.6 Å². The van der Waals surface area contributed by atoms with Crippen molar-refractivity contribution in [3.8, 4) is 0 Å². The molecule has 3 nitrogen and oxygen atoms in total. The zero-order valence-corrected chi connectivity index (χ0v) is 21.3. The quantitative estimate of drug-likeness (QED) is 0.500. The lowest BCUT2D eigenvalue weighted by atomic mass is 9.68. The molecule has 3 unspecified atom stereocenters. The Bertz CT molecular complexity index is 767. The molecule has 3 aliphatic rings. The first-order valence-electron chi connectivity index (χ1n) is 12.7. The first kappa shape index (κ1) is 24.3. The summed E-state index contributed by atoms with van der Waals surface area (Å²) in [4.78, 5) is 13.0. The molecular weight excluding hydrogens is 380 g/mol. The highest BCUT2D eigenvalue weighted by Crippen LogP contribution is 2.48. The van der Waals surface area contributed by atoms with E-state index in [1.54, 1.807) is 0 Å². The van der Waals surface area contributed by atoms with Crippen LogP contribution < -0.4 is 10.6 Å². The molecule has 2 N–H and O–H groups in total. The highest BCUT2D eigenvalue weighted by molar-refractivity contribution is 5.98. The Labute approximate surface area is 191 Å². The molecule has 2 aliphatic carbocycles. The average Bonchev–Trinajstić information content (AvgIpc) is 3.09. The molecule has 3 atom stereocenters. The fourth-order valence-electron chi connectivity index (χ4n) is 5.72. The lowest BCUT2D eigenvalue weighted by Gasteiger charge is -2.42. The summed E-state index contributed by atoms with van der Waals surface area (Å²) in [5.41, 5.74) is 5.56. The molecule has 3 heteroatoms. The fourth-order valence-corrected chi connectivity index (χ4v) is 5.72. The summed E-state index contributed by atoms with van der Waals surface area (Å²) in [6, 6.07) is 0.616. The van der Waals surface area contributed by atoms with E-state index in [4.69, 9.17) is 0 Å². The summed E-state index contributed by atoms with van der Waals surface area (Å²) < 4.78 is 0. The van der Waals surface area contributed by atoms with Crippen molar-refractivity contribution in [2.45, 2.75) is 106 Å². The third kappa shape index (κ3) is 5.18. The SMILES string of the molecule is CCCNC(C)C1C(C(=O)CC)=CC2=C1C(C(C)(C)C)=CC(C1CCC(C)(C)CC1)N2. The van der Waals surface area contributed by atoms with E-state index < -0.39 is 0 Å². The number of nitrogens with one attached hydrogen (secondary N) is 2. The number of ketones is 1. The lowest BCUT2D eigenvalue weighted by molar-refractivity contribution is -0.115. The van der Waals surface area contributed by atoms with Crippen molar-refractivity contribution in [2.24, 2.45) is 22.7 Å². The Morgan fingerprint density at radius 1 is 1.23 bits per heavy atom. The molecule has 31 heavy (non-hydrogen) atoms. The van der Waals surface area contributed by atoms with Crippen molar-refractivity contribution in [1.29, 1.82) is 0 Å². The van der Waals surface area contributed by atoms with Gasteiger partial charge in [-0.05, 0) is 79.5 Å². The van der Waals surface area contributed by atoms with Gasteiger partial charge in [0.15, 0.2) is 5.78 Å². The molecule has 0 aromatic heterocycles. The summed E-state index contributed by atoms with van der Waals surface area (Å²) in [7, 11) is 0. The van der Waals surface area contributed by atoms with Crippen LogP contribution in [0.2, 0.25) is 0 Å². The number of carbonyl (C=O) groups is 1. The van der Waals surface area contributed by atoms with Crippen molar-refractivity contribution >= 4 is 5.78 Å². The van der Waals surface area contributed by atoms with Gasteiger partial charge in [0.2, 0.25) is 0 Å². The third-order valence-corrected chi connectivity index (χ3v) is 7.75. The Morgan fingerprint density at radius 2 is 1.87 bits per heavy atom. The van der Waals surface area contributed by atoms with Crippen LogP contribution in [0.4, 0.5) is 0 Å². The van der Waals surface area contributed by atoms with Gasteiger partial charge in [-0.1, -0.05) is 54.5 Å². The predicted octanol–water partition coefficient (Wildman–Crippen LogP) is 6.32. The number of hydrogen-bond acceptors (Lipinski definition) is 3. The molecule has 1 aliphatic heterocycles. The molecule has 0 aromatic rings. The Morgan fingerprint density at radius 3 is 2.42 bits per heavy atom. The van der Waals surface area contributed by atoms with E-state index in [9.17, 15) is 4.79 Å². The Hall–Kier alpha value is -1.35. The van der Waals surface area contributed by atoms with E-state index in [0.29, 0.717) is 23.8 Å². The van der Waals surface area contributed by atoms with Crippen molar-refractivity contribution < 1.29 is 4.79 Å². The minimum atomic E-state index is 0.0517. The van der Waals surface area contributed by atoms with Crippen LogP contribution in [-0.2, 0) is 4.79 Å². The van der Waals surface area contributed by atoms with Gasteiger partial charge in [-0.3, -0.25) is 4.79 Å². The number of rotatable bonds is 7. The molecule has 0 radical (unpaired) electrons. The van der Waals surface area contributed by atoms with Crippen LogP contribution >= 0.6 is 0 Å². The van der Waals surface area contributed by atoms with E-state index in [0.717, 1.165) is 18.5 Å². The topological polar surface area (TPSA) is 41.1 Å². The molecule has 0 amide bonds. The molecule has 0 bridgehead atoms. The summed E-state index contributed by atoms with van der Waals surface area (Å²) in [5, 5.41) is 7.60. The monoisotopic (exact) mass is 426 g/mol. The smallest absolute Gasteiger partial charge is 0.159 e. The van der Waals surface area contributed by atoms with Crippen LogP contribution in [0.1, 0.15) is 93.9 Å². The van der Waals surface area contributed by atoms with E-state index >= 15 is 0 Å². The predicted molar refractivity (Wildman–Crippen MR) is 132 cm³/mol. The van der Waals surface area contributed by atoms with Gasteiger partial charge >= 0.3 is 0 Å². The second-order valence-corrected chi connectivity index (χ2v) is 11.9. The van der Waals surface area contributed by atoms with Gasteiger partial charge in [0, 0.05) is 35.7 Å². The van der Waals surface area contributed by atoms with Crippen molar-refractivity contribution in [1.82, 2.24) is 10.6 Å². The van der Waals surface area contributed by atoms with Gasteiger partial charge in [0.05, 0.1) is 0 Å². The van der Waals surface area contributed by atoms with Crippen molar-refractivity contribution in [2.75, 3.05) is 6.54 Å². The van der Waals surface area contributed by atoms with Crippen LogP contribution in [-0.4, -0.2) is 24.4 Å². The van der Waals surface area contributed by atoms with Gasteiger partial charge in [-0.2, -0.15) is 0 Å². The molecule has 174 valence electrons. The Kier molecular flexibility index (Phi) is 7.25. The van der Waals surface area contributed by atoms with E-state index in [2.05, 4.69) is 71.3 Å². The standard InChI is InChI=1S/C28H46N2O/c1-9-15-29-18(3)25-20(24(31)10-2)16-23-26(25)21(27(4,5)6)17-22(30-23)19-11-13-28(7,8)14-12-19/h16-19,22,25,29-30H,9-15H2,1-8H3. The second-order valence-electron chi connectivity index (χ2n) is 11.9. The van der Waals surface area contributed by atoms with Gasteiger partial charge < -0.3 is 10.6 Å². The highest BCUT2D eigenvalue weighted by Gasteiger charge is 2.43. The zero-order valence-electron chi connectivity index (χ0n) is 21.3. The van der Waals surface area contributed by atoms with E-state index in [-0.39, 0.29) is 23.2 Å². The summed E-state index contributed by atoms with van der Waals surface area (Å²) >= 11 is 0. The number of allylic oxidation sites excluding steroid dienone is 2. The number of hydrogen-bond donors (Lipinski definition) is 2. The molecule has 1 heterocycles. The van der Waals surface area contributed by atoms with Crippen LogP contribution in [0.5, 0.6) is 0 Å². The zero-order chi connectivity index (χ0) is 23.0. The average molecular weight is 427 g/mol. The first-order chi connectivity index (χ1) is 14.5.